The Hall–Kier alpha value is -5.93. The van der Waals surface area contributed by atoms with E-state index in [0.717, 1.165) is 31.5 Å². The lowest BCUT2D eigenvalue weighted by molar-refractivity contribution is -0.394. The van der Waals surface area contributed by atoms with Crippen LogP contribution in [0.5, 0.6) is 17.2 Å². The fourth-order valence-corrected chi connectivity index (χ4v) is 3.01. The summed E-state index contributed by atoms with van der Waals surface area (Å²) in [6.45, 7) is -0.761. The normalized spacial score (nSPS) is 10.5. The number of nitro benzene ring substituents is 3. The maximum atomic E-state index is 12.4. The van der Waals surface area contributed by atoms with Gasteiger partial charge in [0, 0.05) is 17.7 Å². The first kappa shape index (κ1) is 27.7. The average molecular weight is 539 g/mol. The molecule has 0 unspecified atom stereocenters. The molecule has 3 rings (SSSR count). The van der Waals surface area contributed by atoms with Crippen molar-refractivity contribution in [3.8, 4) is 17.2 Å². The number of ether oxygens (including phenoxy) is 3. The van der Waals surface area contributed by atoms with E-state index in [4.69, 9.17) is 14.2 Å². The number of carbonyl (C=O) groups is 2. The summed E-state index contributed by atoms with van der Waals surface area (Å²) in [5.41, 5.74) is 0.897. The number of non-ortho nitro benzene ring substituents is 2. The third-order valence-electron chi connectivity index (χ3n) is 4.82. The second-order valence-corrected chi connectivity index (χ2v) is 7.32. The van der Waals surface area contributed by atoms with Crippen LogP contribution in [-0.4, -0.2) is 46.6 Å². The van der Waals surface area contributed by atoms with Gasteiger partial charge in [0.25, 0.3) is 17.3 Å². The van der Waals surface area contributed by atoms with Gasteiger partial charge in [-0.15, -0.1) is 0 Å². The lowest BCUT2D eigenvalue weighted by Gasteiger charge is -2.10. The fourth-order valence-electron chi connectivity index (χ4n) is 3.01. The first-order valence-corrected chi connectivity index (χ1v) is 10.6. The number of amides is 1. The molecular formula is C23H17N5O11. The van der Waals surface area contributed by atoms with E-state index in [9.17, 15) is 39.9 Å². The zero-order valence-electron chi connectivity index (χ0n) is 19.8. The number of hydrogen-bond donors (Lipinski definition) is 1. The number of carbonyl (C=O) groups excluding carboxylic acids is 2. The summed E-state index contributed by atoms with van der Waals surface area (Å²) in [6.07, 6.45) is 1.16. The highest BCUT2D eigenvalue weighted by molar-refractivity contribution is 5.93. The standard InChI is InChI=1S/C23H17N5O11/c1-37-20-11-17(27(33)34)10-18(28(35)36)22(20)38-13-21(29)25-24-12-15-4-2-3-5-19(15)39-23(30)14-6-8-16(9-7-14)26(31)32/h2-12H,13H2,1H3,(H,25,29). The van der Waals surface area contributed by atoms with Crippen molar-refractivity contribution in [1.29, 1.82) is 0 Å². The molecule has 39 heavy (non-hydrogen) atoms. The summed E-state index contributed by atoms with van der Waals surface area (Å²) in [7, 11) is 1.12. The number of nitro groups is 3. The summed E-state index contributed by atoms with van der Waals surface area (Å²) >= 11 is 0. The van der Waals surface area contributed by atoms with Gasteiger partial charge in [-0.3, -0.25) is 35.1 Å². The van der Waals surface area contributed by atoms with Crippen LogP contribution < -0.4 is 19.6 Å². The Kier molecular flexibility index (Phi) is 8.76. The predicted octanol–water partition coefficient (Wildman–Crippen LogP) is 3.17. The Morgan fingerprint density at radius 2 is 1.56 bits per heavy atom. The summed E-state index contributed by atoms with van der Waals surface area (Å²) in [6, 6.07) is 12.5. The van der Waals surface area contributed by atoms with Gasteiger partial charge in [-0.25, -0.2) is 10.2 Å². The number of hydrazone groups is 1. The van der Waals surface area contributed by atoms with Gasteiger partial charge >= 0.3 is 11.7 Å². The van der Waals surface area contributed by atoms with Crippen LogP contribution in [0.3, 0.4) is 0 Å². The van der Waals surface area contributed by atoms with Gasteiger partial charge in [0.2, 0.25) is 5.75 Å². The summed E-state index contributed by atoms with van der Waals surface area (Å²) in [5.74, 6) is -2.38. The molecule has 16 heteroatoms. The third-order valence-corrected chi connectivity index (χ3v) is 4.82. The molecular weight excluding hydrogens is 522 g/mol. The number of methoxy groups -OCH3 is 1. The highest BCUT2D eigenvalue weighted by Crippen LogP contribution is 2.40. The number of rotatable bonds is 11. The van der Waals surface area contributed by atoms with Crippen molar-refractivity contribution in [2.24, 2.45) is 5.10 Å². The molecule has 0 aliphatic carbocycles. The van der Waals surface area contributed by atoms with Crippen molar-refractivity contribution in [3.05, 3.63) is 102 Å². The van der Waals surface area contributed by atoms with Crippen LogP contribution in [0.25, 0.3) is 0 Å². The van der Waals surface area contributed by atoms with Crippen LogP contribution in [-0.2, 0) is 4.79 Å². The Labute approximate surface area is 217 Å². The molecule has 0 aromatic heterocycles. The predicted molar refractivity (Wildman–Crippen MR) is 132 cm³/mol. The van der Waals surface area contributed by atoms with Crippen LogP contribution >= 0.6 is 0 Å². The summed E-state index contributed by atoms with van der Waals surface area (Å²) in [5, 5.41) is 36.8. The molecule has 1 amide bonds. The number of esters is 1. The second-order valence-electron chi connectivity index (χ2n) is 7.32. The minimum atomic E-state index is -0.921. The van der Waals surface area contributed by atoms with Crippen LogP contribution in [0.15, 0.2) is 65.8 Å². The lowest BCUT2D eigenvalue weighted by atomic mass is 10.2. The molecule has 0 heterocycles. The molecule has 0 radical (unpaired) electrons. The maximum Gasteiger partial charge on any atom is 0.343 e. The van der Waals surface area contributed by atoms with Gasteiger partial charge in [0.15, 0.2) is 12.4 Å². The van der Waals surface area contributed by atoms with E-state index >= 15 is 0 Å². The van der Waals surface area contributed by atoms with Gasteiger partial charge in [0.1, 0.15) is 5.75 Å². The summed E-state index contributed by atoms with van der Waals surface area (Å²) < 4.78 is 15.4. The van der Waals surface area contributed by atoms with Gasteiger partial charge in [-0.2, -0.15) is 5.10 Å². The Morgan fingerprint density at radius 3 is 2.18 bits per heavy atom. The number of nitrogens with zero attached hydrogens (tertiary/aromatic N) is 4. The lowest BCUT2D eigenvalue weighted by Crippen LogP contribution is -2.25. The van der Waals surface area contributed by atoms with Crippen molar-refractivity contribution in [3.63, 3.8) is 0 Å². The smallest absolute Gasteiger partial charge is 0.343 e. The molecule has 0 spiro atoms. The molecule has 3 aromatic carbocycles. The SMILES string of the molecule is COc1cc([N+](=O)[O-])cc([N+](=O)[O-])c1OCC(=O)NN=Cc1ccccc1OC(=O)c1ccc([N+](=O)[O-])cc1. The van der Waals surface area contributed by atoms with Crippen LogP contribution in [0.1, 0.15) is 15.9 Å². The van der Waals surface area contributed by atoms with Crippen molar-refractivity contribution in [2.45, 2.75) is 0 Å². The molecule has 0 saturated heterocycles. The van der Waals surface area contributed by atoms with Crippen LogP contribution in [0.2, 0.25) is 0 Å². The van der Waals surface area contributed by atoms with E-state index in [1.54, 1.807) is 12.1 Å². The zero-order chi connectivity index (χ0) is 28.5. The quantitative estimate of drug-likeness (QED) is 0.123. The van der Waals surface area contributed by atoms with E-state index in [-0.39, 0.29) is 28.3 Å². The topological polar surface area (TPSA) is 216 Å². The molecule has 3 aromatic rings. The van der Waals surface area contributed by atoms with Crippen molar-refractivity contribution >= 4 is 35.2 Å². The molecule has 0 aliphatic heterocycles. The molecule has 1 N–H and O–H groups in total. The van der Waals surface area contributed by atoms with Gasteiger partial charge in [-0.1, -0.05) is 12.1 Å². The van der Waals surface area contributed by atoms with Gasteiger partial charge < -0.3 is 14.2 Å². The highest BCUT2D eigenvalue weighted by atomic mass is 16.6. The van der Waals surface area contributed by atoms with E-state index in [1.165, 1.54) is 24.3 Å². The first-order valence-electron chi connectivity index (χ1n) is 10.6. The molecule has 0 saturated carbocycles. The number of hydrogen-bond acceptors (Lipinski definition) is 12. The second kappa shape index (κ2) is 12.3. The summed E-state index contributed by atoms with van der Waals surface area (Å²) in [4.78, 5) is 55.3. The maximum absolute atomic E-state index is 12.4. The van der Waals surface area contributed by atoms with Crippen LogP contribution in [0.4, 0.5) is 17.1 Å². The minimum absolute atomic E-state index is 0.0635. The first-order chi connectivity index (χ1) is 18.6. The third kappa shape index (κ3) is 7.06. The van der Waals surface area contributed by atoms with Crippen LogP contribution in [0, 0.1) is 30.3 Å². The largest absolute Gasteiger partial charge is 0.492 e. The van der Waals surface area contributed by atoms with E-state index in [0.29, 0.717) is 6.07 Å². The minimum Gasteiger partial charge on any atom is -0.492 e. The highest BCUT2D eigenvalue weighted by Gasteiger charge is 2.27. The molecule has 16 nitrogen and oxygen atoms in total. The van der Waals surface area contributed by atoms with Crippen molar-refractivity contribution in [1.82, 2.24) is 5.43 Å². The van der Waals surface area contributed by atoms with Crippen molar-refractivity contribution in [2.75, 3.05) is 13.7 Å². The Morgan fingerprint density at radius 1 is 0.897 bits per heavy atom. The number of nitrogens with one attached hydrogen (secondary N) is 1. The molecule has 0 bridgehead atoms. The monoisotopic (exact) mass is 539 g/mol. The molecule has 0 atom stereocenters. The molecule has 200 valence electrons. The zero-order valence-corrected chi connectivity index (χ0v) is 19.8. The Balaban J connectivity index is 1.66. The van der Waals surface area contributed by atoms with E-state index < -0.39 is 50.4 Å². The Bertz CT molecular complexity index is 1470. The van der Waals surface area contributed by atoms with E-state index in [1.807, 2.05) is 0 Å². The number of para-hydroxylation sites is 1. The van der Waals surface area contributed by atoms with Gasteiger partial charge in [0.05, 0.1) is 45.8 Å². The molecule has 0 fully saturated rings. The van der Waals surface area contributed by atoms with Gasteiger partial charge in [-0.05, 0) is 24.3 Å². The van der Waals surface area contributed by atoms with E-state index in [2.05, 4.69) is 10.5 Å². The average Bonchev–Trinajstić information content (AvgIpc) is 2.92. The molecule has 0 aliphatic rings. The number of benzene rings is 3. The van der Waals surface area contributed by atoms with Crippen molar-refractivity contribution < 1.29 is 38.6 Å². The fraction of sp³-hybridized carbons (Fsp3) is 0.0870.